The van der Waals surface area contributed by atoms with Crippen LogP contribution in [0.2, 0.25) is 0 Å². The number of anilines is 1. The Hall–Kier alpha value is -3.82. The number of hydrogen-bond acceptors (Lipinski definition) is 5. The maximum absolute atomic E-state index is 13.5. The summed E-state index contributed by atoms with van der Waals surface area (Å²) in [4.78, 5) is 22.6. The lowest BCUT2D eigenvalue weighted by Gasteiger charge is -2.07. The fraction of sp³-hybridized carbons (Fsp3) is 0.0588. The van der Waals surface area contributed by atoms with Crippen LogP contribution in [0.5, 0.6) is 5.75 Å². The van der Waals surface area contributed by atoms with Gasteiger partial charge < -0.3 is 10.1 Å². The number of para-hydroxylation sites is 2. The van der Waals surface area contributed by atoms with Gasteiger partial charge in [-0.05, 0) is 24.3 Å². The molecule has 27 heavy (non-hydrogen) atoms. The number of hydrogen-bond donors (Lipinski definition) is 1. The zero-order chi connectivity index (χ0) is 19.4. The first-order valence-electron chi connectivity index (χ1n) is 7.60. The summed E-state index contributed by atoms with van der Waals surface area (Å²) in [7, 11) is 0. The normalized spacial score (nSPS) is 10.4. The van der Waals surface area contributed by atoms with Gasteiger partial charge in [0.1, 0.15) is 11.5 Å². The molecule has 1 N–H and O–H groups in total. The monoisotopic (exact) mass is 374 g/mol. The van der Waals surface area contributed by atoms with Gasteiger partial charge in [-0.1, -0.05) is 12.1 Å². The standard InChI is InChI=1S/C17H12F2N4O4/c18-11-5-6-16(12(19)9-11)27-10-22-8-7-14(21-22)17(24)20-13-3-1-2-4-15(13)23(25)26/h1-9H,10H2,(H,20,24). The molecule has 2 aromatic carbocycles. The summed E-state index contributed by atoms with van der Waals surface area (Å²) in [5.41, 5.74) is -0.233. The molecule has 0 atom stereocenters. The van der Waals surface area contributed by atoms with Crippen molar-refractivity contribution in [2.24, 2.45) is 0 Å². The Balaban J connectivity index is 1.67. The first-order chi connectivity index (χ1) is 12.9. The number of halogens is 2. The summed E-state index contributed by atoms with van der Waals surface area (Å²) >= 11 is 0. The molecular formula is C17H12F2N4O4. The van der Waals surface area contributed by atoms with Crippen molar-refractivity contribution in [1.29, 1.82) is 0 Å². The molecule has 1 aromatic heterocycles. The molecule has 0 saturated carbocycles. The number of rotatable bonds is 6. The van der Waals surface area contributed by atoms with E-state index in [1.165, 1.54) is 35.1 Å². The summed E-state index contributed by atoms with van der Waals surface area (Å²) in [6, 6.07) is 9.93. The zero-order valence-corrected chi connectivity index (χ0v) is 13.6. The molecule has 8 nitrogen and oxygen atoms in total. The highest BCUT2D eigenvalue weighted by Crippen LogP contribution is 2.23. The van der Waals surface area contributed by atoms with Gasteiger partial charge in [0.25, 0.3) is 11.6 Å². The Labute approximate surface area is 151 Å². The van der Waals surface area contributed by atoms with Crippen LogP contribution in [-0.4, -0.2) is 20.6 Å². The molecule has 0 spiro atoms. The van der Waals surface area contributed by atoms with Crippen molar-refractivity contribution in [3.05, 3.63) is 82.2 Å². The number of nitrogens with one attached hydrogen (secondary N) is 1. The summed E-state index contributed by atoms with van der Waals surface area (Å²) in [5.74, 6) is -2.42. The highest BCUT2D eigenvalue weighted by atomic mass is 19.1. The Morgan fingerprint density at radius 2 is 2.00 bits per heavy atom. The van der Waals surface area contributed by atoms with Gasteiger partial charge in [-0.2, -0.15) is 5.10 Å². The SMILES string of the molecule is O=C(Nc1ccccc1[N+](=O)[O-])c1ccn(COc2ccc(F)cc2F)n1. The predicted molar refractivity (Wildman–Crippen MR) is 90.3 cm³/mol. The van der Waals surface area contributed by atoms with E-state index in [-0.39, 0.29) is 29.5 Å². The maximum Gasteiger partial charge on any atom is 0.292 e. The van der Waals surface area contributed by atoms with Gasteiger partial charge in [-0.3, -0.25) is 14.9 Å². The van der Waals surface area contributed by atoms with Crippen molar-refractivity contribution in [2.75, 3.05) is 5.32 Å². The Kier molecular flexibility index (Phi) is 5.06. The number of aromatic nitrogens is 2. The molecular weight excluding hydrogens is 362 g/mol. The second-order valence-corrected chi connectivity index (χ2v) is 5.32. The summed E-state index contributed by atoms with van der Waals surface area (Å²) in [6.45, 7) is -0.221. The van der Waals surface area contributed by atoms with Gasteiger partial charge in [0.2, 0.25) is 0 Å². The van der Waals surface area contributed by atoms with Gasteiger partial charge in [0.15, 0.2) is 24.0 Å². The van der Waals surface area contributed by atoms with E-state index < -0.39 is 22.5 Å². The molecule has 0 aliphatic heterocycles. The Bertz CT molecular complexity index is 1010. The number of carbonyl (C=O) groups excluding carboxylic acids is 1. The largest absolute Gasteiger partial charge is 0.468 e. The van der Waals surface area contributed by atoms with Crippen LogP contribution in [0.25, 0.3) is 0 Å². The minimum atomic E-state index is -0.864. The molecule has 0 bridgehead atoms. The average molecular weight is 374 g/mol. The molecule has 1 amide bonds. The second-order valence-electron chi connectivity index (χ2n) is 5.32. The van der Waals surface area contributed by atoms with E-state index in [1.807, 2.05) is 0 Å². The molecule has 3 aromatic rings. The number of carbonyl (C=O) groups is 1. The summed E-state index contributed by atoms with van der Waals surface area (Å²) in [5, 5.41) is 17.3. The van der Waals surface area contributed by atoms with Crippen molar-refractivity contribution in [3.63, 3.8) is 0 Å². The fourth-order valence-corrected chi connectivity index (χ4v) is 2.21. The van der Waals surface area contributed by atoms with Crippen molar-refractivity contribution >= 4 is 17.3 Å². The van der Waals surface area contributed by atoms with Crippen molar-refractivity contribution in [1.82, 2.24) is 9.78 Å². The third kappa shape index (κ3) is 4.24. The van der Waals surface area contributed by atoms with Gasteiger partial charge in [0, 0.05) is 18.3 Å². The molecule has 0 saturated heterocycles. The third-order valence-electron chi connectivity index (χ3n) is 3.47. The van der Waals surface area contributed by atoms with Gasteiger partial charge in [-0.15, -0.1) is 0 Å². The van der Waals surface area contributed by atoms with Gasteiger partial charge >= 0.3 is 0 Å². The Morgan fingerprint density at radius 3 is 2.74 bits per heavy atom. The van der Waals surface area contributed by atoms with E-state index in [0.29, 0.717) is 6.07 Å². The lowest BCUT2D eigenvalue weighted by Crippen LogP contribution is -2.15. The number of benzene rings is 2. The first-order valence-corrected chi connectivity index (χ1v) is 7.60. The van der Waals surface area contributed by atoms with E-state index in [9.17, 15) is 23.7 Å². The van der Waals surface area contributed by atoms with Crippen LogP contribution in [0.1, 0.15) is 10.5 Å². The lowest BCUT2D eigenvalue weighted by atomic mass is 10.2. The fourth-order valence-electron chi connectivity index (χ4n) is 2.21. The summed E-state index contributed by atoms with van der Waals surface area (Å²) in [6.07, 6.45) is 1.41. The predicted octanol–water partition coefficient (Wildman–Crippen LogP) is 3.36. The molecule has 0 aliphatic rings. The van der Waals surface area contributed by atoms with Crippen LogP contribution < -0.4 is 10.1 Å². The third-order valence-corrected chi connectivity index (χ3v) is 3.47. The molecule has 0 radical (unpaired) electrons. The number of amides is 1. The van der Waals surface area contributed by atoms with Gasteiger partial charge in [0.05, 0.1) is 4.92 Å². The molecule has 0 fully saturated rings. The van der Waals surface area contributed by atoms with E-state index >= 15 is 0 Å². The van der Waals surface area contributed by atoms with E-state index in [1.54, 1.807) is 6.07 Å². The smallest absolute Gasteiger partial charge is 0.292 e. The minimum Gasteiger partial charge on any atom is -0.468 e. The van der Waals surface area contributed by atoms with E-state index in [0.717, 1.165) is 12.1 Å². The molecule has 138 valence electrons. The number of nitrogens with zero attached hydrogens (tertiary/aromatic N) is 3. The number of nitro benzene ring substituents is 1. The molecule has 3 rings (SSSR count). The van der Waals surface area contributed by atoms with Crippen LogP contribution in [0.15, 0.2) is 54.7 Å². The lowest BCUT2D eigenvalue weighted by molar-refractivity contribution is -0.383. The first kappa shape index (κ1) is 18.0. The molecule has 0 unspecified atom stereocenters. The van der Waals surface area contributed by atoms with Crippen molar-refractivity contribution < 1.29 is 23.2 Å². The van der Waals surface area contributed by atoms with Crippen LogP contribution in [0.4, 0.5) is 20.2 Å². The van der Waals surface area contributed by atoms with Crippen molar-refractivity contribution in [3.8, 4) is 5.75 Å². The van der Waals surface area contributed by atoms with Crippen LogP contribution in [0, 0.1) is 21.7 Å². The highest BCUT2D eigenvalue weighted by molar-refractivity contribution is 6.04. The van der Waals surface area contributed by atoms with Crippen LogP contribution in [0.3, 0.4) is 0 Å². The van der Waals surface area contributed by atoms with Gasteiger partial charge in [-0.25, -0.2) is 13.5 Å². The van der Waals surface area contributed by atoms with Crippen molar-refractivity contribution in [2.45, 2.75) is 6.73 Å². The highest BCUT2D eigenvalue weighted by Gasteiger charge is 2.17. The van der Waals surface area contributed by atoms with E-state index in [4.69, 9.17) is 4.74 Å². The number of ether oxygens (including phenoxy) is 1. The quantitative estimate of drug-likeness (QED) is 0.527. The minimum absolute atomic E-state index is 0.0173. The summed E-state index contributed by atoms with van der Waals surface area (Å²) < 4.78 is 32.8. The molecule has 10 heteroatoms. The second kappa shape index (κ2) is 7.60. The maximum atomic E-state index is 13.5. The van der Waals surface area contributed by atoms with E-state index in [2.05, 4.69) is 10.4 Å². The Morgan fingerprint density at radius 1 is 1.22 bits per heavy atom. The average Bonchev–Trinajstić information content (AvgIpc) is 3.10. The van der Waals surface area contributed by atoms with Crippen LogP contribution >= 0.6 is 0 Å². The van der Waals surface area contributed by atoms with Crippen LogP contribution in [-0.2, 0) is 6.73 Å². The zero-order valence-electron chi connectivity index (χ0n) is 13.6. The molecule has 0 aliphatic carbocycles. The topological polar surface area (TPSA) is 99.3 Å². The number of nitro groups is 1. The molecule has 1 heterocycles.